The Balaban J connectivity index is 2.38. The summed E-state index contributed by atoms with van der Waals surface area (Å²) in [4.78, 5) is 0. The van der Waals surface area contributed by atoms with Gasteiger partial charge in [-0.2, -0.15) is 5.10 Å². The predicted octanol–water partition coefficient (Wildman–Crippen LogP) is 4.63. The van der Waals surface area contributed by atoms with E-state index in [1.807, 2.05) is 36.9 Å². The van der Waals surface area contributed by atoms with E-state index in [0.29, 0.717) is 0 Å². The Bertz CT molecular complexity index is 640. The zero-order valence-electron chi connectivity index (χ0n) is 12.3. The molecule has 0 spiro atoms. The number of hydrogen-bond acceptors (Lipinski definition) is 2. The van der Waals surface area contributed by atoms with Gasteiger partial charge >= 0.3 is 0 Å². The van der Waals surface area contributed by atoms with Gasteiger partial charge in [0.15, 0.2) is 0 Å². The molecule has 114 valence electrons. The van der Waals surface area contributed by atoms with Crippen molar-refractivity contribution in [3.63, 3.8) is 0 Å². The third-order valence-corrected chi connectivity index (χ3v) is 5.24. The van der Waals surface area contributed by atoms with Crippen molar-refractivity contribution >= 4 is 45.8 Å². The molecule has 2 rings (SSSR count). The number of nitrogens with zero attached hydrogens (tertiary/aromatic N) is 2. The van der Waals surface area contributed by atoms with E-state index < -0.39 is 0 Å². The van der Waals surface area contributed by atoms with Crippen molar-refractivity contribution < 1.29 is 0 Å². The van der Waals surface area contributed by atoms with Gasteiger partial charge in [0.2, 0.25) is 0 Å². The van der Waals surface area contributed by atoms with Crippen LogP contribution >= 0.6 is 45.8 Å². The Morgan fingerprint density at radius 1 is 1.38 bits per heavy atom. The summed E-state index contributed by atoms with van der Waals surface area (Å²) in [6, 6.07) is 6.10. The van der Waals surface area contributed by atoms with Gasteiger partial charge in [-0.15, -0.1) is 0 Å². The molecule has 1 atom stereocenters. The molecular weight excluding hydrogens is 420 g/mol. The molecule has 0 aliphatic carbocycles. The largest absolute Gasteiger partial charge is 0.313 e. The number of benzene rings is 1. The Hall–Kier alpha value is -0.300. The van der Waals surface area contributed by atoms with Gasteiger partial charge in [0.1, 0.15) is 0 Å². The molecule has 3 nitrogen and oxygen atoms in total. The number of aromatic nitrogens is 2. The molecule has 0 radical (unpaired) electrons. The van der Waals surface area contributed by atoms with Gasteiger partial charge in [0, 0.05) is 27.6 Å². The second-order valence-corrected chi connectivity index (χ2v) is 6.85. The van der Waals surface area contributed by atoms with E-state index in [9.17, 15) is 0 Å². The number of hydrogen-bond donors (Lipinski definition) is 1. The summed E-state index contributed by atoms with van der Waals surface area (Å²) in [5.41, 5.74) is 3.12. The lowest BCUT2D eigenvalue weighted by molar-refractivity contribution is 0.539. The fraction of sp³-hybridized carbons (Fsp3) is 0.400. The maximum atomic E-state index is 6.41. The van der Waals surface area contributed by atoms with Crippen LogP contribution in [-0.2, 0) is 13.0 Å². The highest BCUT2D eigenvalue weighted by Gasteiger charge is 2.20. The average molecular weight is 438 g/mol. The van der Waals surface area contributed by atoms with E-state index in [1.165, 1.54) is 9.13 Å². The highest BCUT2D eigenvalue weighted by atomic mass is 127. The molecule has 0 aliphatic rings. The Labute approximate surface area is 149 Å². The molecule has 1 aromatic carbocycles. The molecule has 0 saturated heterocycles. The van der Waals surface area contributed by atoms with Crippen LogP contribution in [0.25, 0.3) is 0 Å². The van der Waals surface area contributed by atoms with Crippen LogP contribution in [0.5, 0.6) is 0 Å². The van der Waals surface area contributed by atoms with E-state index in [1.54, 1.807) is 0 Å². The minimum atomic E-state index is 0.148. The van der Waals surface area contributed by atoms with Crippen LogP contribution in [0.4, 0.5) is 0 Å². The lowest BCUT2D eigenvalue weighted by atomic mass is 10.0. The van der Waals surface area contributed by atoms with Crippen molar-refractivity contribution in [1.82, 2.24) is 15.1 Å². The molecule has 0 saturated carbocycles. The number of nitrogens with one attached hydrogen (secondary N) is 1. The summed E-state index contributed by atoms with van der Waals surface area (Å²) in [6.45, 7) is 4.82. The first-order valence-corrected chi connectivity index (χ1v) is 8.65. The minimum Gasteiger partial charge on any atom is -0.313 e. The molecule has 1 aromatic heterocycles. The van der Waals surface area contributed by atoms with Gasteiger partial charge < -0.3 is 5.32 Å². The molecule has 1 heterocycles. The van der Waals surface area contributed by atoms with Crippen LogP contribution in [0.3, 0.4) is 0 Å². The predicted molar refractivity (Wildman–Crippen MR) is 97.3 cm³/mol. The van der Waals surface area contributed by atoms with Crippen LogP contribution in [0, 0.1) is 10.5 Å². The summed E-state index contributed by atoms with van der Waals surface area (Å²) in [6.07, 6.45) is 0.778. The van der Waals surface area contributed by atoms with Crippen LogP contribution < -0.4 is 5.32 Å². The molecule has 0 aliphatic heterocycles. The van der Waals surface area contributed by atoms with Crippen molar-refractivity contribution in [2.75, 3.05) is 7.05 Å². The van der Waals surface area contributed by atoms with Crippen LogP contribution in [0.15, 0.2) is 18.2 Å². The van der Waals surface area contributed by atoms with E-state index in [4.69, 9.17) is 23.2 Å². The normalized spacial score (nSPS) is 12.7. The maximum absolute atomic E-state index is 6.41. The van der Waals surface area contributed by atoms with E-state index >= 15 is 0 Å². The third kappa shape index (κ3) is 3.73. The van der Waals surface area contributed by atoms with Crippen molar-refractivity contribution in [3.05, 3.63) is 48.8 Å². The van der Waals surface area contributed by atoms with Gasteiger partial charge in [-0.05, 0) is 67.2 Å². The summed E-state index contributed by atoms with van der Waals surface area (Å²) < 4.78 is 3.16. The highest BCUT2D eigenvalue weighted by molar-refractivity contribution is 14.1. The minimum absolute atomic E-state index is 0.148. The average Bonchev–Trinajstić information content (AvgIpc) is 2.74. The number of halogens is 3. The standard InChI is InChI=1S/C15H18Cl2IN3/c1-4-21-14(15(17)9(2)20-21)8-13(19-3)11-7-10(16)5-6-12(11)18/h5-7,13,19H,4,8H2,1-3H3. The maximum Gasteiger partial charge on any atom is 0.0847 e. The van der Waals surface area contributed by atoms with Gasteiger partial charge in [-0.3, -0.25) is 4.68 Å². The smallest absolute Gasteiger partial charge is 0.0847 e. The first kappa shape index (κ1) is 17.1. The molecule has 0 amide bonds. The van der Waals surface area contributed by atoms with Crippen LogP contribution in [0.1, 0.15) is 29.9 Å². The number of aryl methyl sites for hydroxylation is 2. The van der Waals surface area contributed by atoms with Crippen LogP contribution in [-0.4, -0.2) is 16.8 Å². The van der Waals surface area contributed by atoms with Crippen LogP contribution in [0.2, 0.25) is 10.0 Å². The topological polar surface area (TPSA) is 29.9 Å². The molecular formula is C15H18Cl2IN3. The molecule has 0 bridgehead atoms. The van der Waals surface area contributed by atoms with Crippen molar-refractivity contribution in [2.24, 2.45) is 0 Å². The first-order chi connectivity index (χ1) is 9.97. The second-order valence-electron chi connectivity index (χ2n) is 4.87. The molecule has 2 aromatic rings. The number of rotatable bonds is 5. The lowest BCUT2D eigenvalue weighted by Crippen LogP contribution is -2.21. The summed E-state index contributed by atoms with van der Waals surface area (Å²) in [5, 5.41) is 9.34. The number of likely N-dealkylation sites (N-methyl/N-ethyl adjacent to an activating group) is 1. The van der Waals surface area contributed by atoms with Crippen molar-refractivity contribution in [1.29, 1.82) is 0 Å². The summed E-state index contributed by atoms with van der Waals surface area (Å²) in [5.74, 6) is 0. The second kappa shape index (κ2) is 7.31. The van der Waals surface area contributed by atoms with E-state index in [0.717, 1.165) is 34.4 Å². The molecule has 21 heavy (non-hydrogen) atoms. The summed E-state index contributed by atoms with van der Waals surface area (Å²) >= 11 is 14.9. The Morgan fingerprint density at radius 2 is 2.10 bits per heavy atom. The molecule has 1 N–H and O–H groups in total. The fourth-order valence-electron chi connectivity index (χ4n) is 2.41. The lowest BCUT2D eigenvalue weighted by Gasteiger charge is -2.19. The van der Waals surface area contributed by atoms with Gasteiger partial charge in [0.05, 0.1) is 16.4 Å². The monoisotopic (exact) mass is 437 g/mol. The van der Waals surface area contributed by atoms with Gasteiger partial charge in [-0.25, -0.2) is 0 Å². The van der Waals surface area contributed by atoms with E-state index in [-0.39, 0.29) is 6.04 Å². The fourth-order valence-corrected chi connectivity index (χ4v) is 3.51. The Kier molecular flexibility index (Phi) is 5.94. The van der Waals surface area contributed by atoms with E-state index in [2.05, 4.69) is 39.9 Å². The van der Waals surface area contributed by atoms with Gasteiger partial charge in [0.25, 0.3) is 0 Å². The summed E-state index contributed by atoms with van der Waals surface area (Å²) in [7, 11) is 1.95. The SMILES string of the molecule is CCn1nc(C)c(Cl)c1CC(NC)c1cc(Cl)ccc1I. The third-order valence-electron chi connectivity index (χ3n) is 3.53. The zero-order chi connectivity index (χ0) is 15.6. The Morgan fingerprint density at radius 3 is 2.71 bits per heavy atom. The zero-order valence-corrected chi connectivity index (χ0v) is 15.9. The van der Waals surface area contributed by atoms with Gasteiger partial charge in [-0.1, -0.05) is 23.2 Å². The molecule has 0 fully saturated rings. The quantitative estimate of drug-likeness (QED) is 0.691. The van der Waals surface area contributed by atoms with Crippen molar-refractivity contribution in [3.8, 4) is 0 Å². The first-order valence-electron chi connectivity index (χ1n) is 6.81. The highest BCUT2D eigenvalue weighted by Crippen LogP contribution is 2.29. The molecule has 6 heteroatoms. The van der Waals surface area contributed by atoms with Crippen molar-refractivity contribution in [2.45, 2.75) is 32.9 Å². The molecule has 1 unspecified atom stereocenters.